The van der Waals surface area contributed by atoms with Gasteiger partial charge in [0.1, 0.15) is 0 Å². The molecule has 2 aliphatic carbocycles. The summed E-state index contributed by atoms with van der Waals surface area (Å²) in [5.41, 5.74) is 1.47. The molecule has 2 aliphatic rings. The minimum Gasteiger partial charge on any atom is -0.0683 e. The van der Waals surface area contributed by atoms with Crippen LogP contribution in [0.25, 0.3) is 0 Å². The van der Waals surface area contributed by atoms with Crippen molar-refractivity contribution >= 4 is 0 Å². The van der Waals surface area contributed by atoms with Crippen molar-refractivity contribution in [3.05, 3.63) is 0 Å². The van der Waals surface area contributed by atoms with Crippen LogP contribution in [0.4, 0.5) is 0 Å². The molecule has 0 amide bonds. The van der Waals surface area contributed by atoms with Crippen molar-refractivity contribution < 1.29 is 0 Å². The maximum Gasteiger partial charge on any atom is -0.0292 e. The van der Waals surface area contributed by atoms with Gasteiger partial charge < -0.3 is 0 Å². The standard InChI is InChI=1S/C12H22.C2H6/c1-11(2)8-9-12(10-11)6-4-3-5-7-12;1-2/h3-10H2,1-2H3;1-2H3. The molecule has 0 aromatic rings. The van der Waals surface area contributed by atoms with Gasteiger partial charge in [0.15, 0.2) is 0 Å². The summed E-state index contributed by atoms with van der Waals surface area (Å²) in [6.45, 7) is 8.91. The fourth-order valence-corrected chi connectivity index (χ4v) is 3.52. The zero-order valence-electron chi connectivity index (χ0n) is 10.7. The minimum absolute atomic E-state index is 0.664. The van der Waals surface area contributed by atoms with Crippen molar-refractivity contribution in [1.82, 2.24) is 0 Å². The number of hydrogen-bond donors (Lipinski definition) is 0. The van der Waals surface area contributed by atoms with E-state index in [-0.39, 0.29) is 0 Å². The third-order valence-corrected chi connectivity index (χ3v) is 4.10. The minimum atomic E-state index is 0.664. The van der Waals surface area contributed by atoms with Crippen LogP contribution in [0.2, 0.25) is 0 Å². The molecule has 2 rings (SSSR count). The lowest BCUT2D eigenvalue weighted by Gasteiger charge is -2.34. The normalized spacial score (nSPS) is 28.3. The third-order valence-electron chi connectivity index (χ3n) is 4.10. The van der Waals surface area contributed by atoms with Gasteiger partial charge in [-0.25, -0.2) is 0 Å². The predicted octanol–water partition coefficient (Wildman–Crippen LogP) is 5.17. The van der Waals surface area contributed by atoms with Gasteiger partial charge in [0, 0.05) is 0 Å². The Morgan fingerprint density at radius 2 is 1.29 bits per heavy atom. The van der Waals surface area contributed by atoms with Crippen molar-refractivity contribution in [3.63, 3.8) is 0 Å². The van der Waals surface area contributed by atoms with E-state index in [1.54, 1.807) is 0 Å². The highest BCUT2D eigenvalue weighted by molar-refractivity contribution is 4.94. The third kappa shape index (κ3) is 2.74. The lowest BCUT2D eigenvalue weighted by atomic mass is 9.71. The van der Waals surface area contributed by atoms with E-state index in [4.69, 9.17) is 0 Å². The second-order valence-corrected chi connectivity index (χ2v) is 5.90. The Bertz CT molecular complexity index is 161. The Labute approximate surface area is 90.5 Å². The first-order chi connectivity index (χ1) is 6.62. The first-order valence-corrected chi connectivity index (χ1v) is 6.62. The van der Waals surface area contributed by atoms with Crippen LogP contribution in [0.1, 0.15) is 79.1 Å². The van der Waals surface area contributed by atoms with Gasteiger partial charge in [-0.2, -0.15) is 0 Å². The van der Waals surface area contributed by atoms with Gasteiger partial charge >= 0.3 is 0 Å². The highest BCUT2D eigenvalue weighted by Crippen LogP contribution is 2.55. The van der Waals surface area contributed by atoms with Crippen LogP contribution in [0, 0.1) is 10.8 Å². The second-order valence-electron chi connectivity index (χ2n) is 5.90. The van der Waals surface area contributed by atoms with Crippen LogP contribution in [0.3, 0.4) is 0 Å². The van der Waals surface area contributed by atoms with Crippen LogP contribution >= 0.6 is 0 Å². The van der Waals surface area contributed by atoms with E-state index in [1.165, 1.54) is 51.4 Å². The molecule has 0 aliphatic heterocycles. The topological polar surface area (TPSA) is 0 Å². The van der Waals surface area contributed by atoms with Gasteiger partial charge in [-0.1, -0.05) is 47.0 Å². The van der Waals surface area contributed by atoms with Crippen molar-refractivity contribution in [2.75, 3.05) is 0 Å². The van der Waals surface area contributed by atoms with E-state index < -0.39 is 0 Å². The molecular formula is C14H28. The summed E-state index contributed by atoms with van der Waals surface area (Å²) in [4.78, 5) is 0. The molecule has 14 heavy (non-hydrogen) atoms. The highest BCUT2D eigenvalue weighted by Gasteiger charge is 2.42. The number of hydrogen-bond acceptors (Lipinski definition) is 0. The van der Waals surface area contributed by atoms with E-state index in [9.17, 15) is 0 Å². The lowest BCUT2D eigenvalue weighted by Crippen LogP contribution is -2.21. The first kappa shape index (κ1) is 12.1. The van der Waals surface area contributed by atoms with Crippen molar-refractivity contribution in [3.8, 4) is 0 Å². The molecule has 0 atom stereocenters. The Kier molecular flexibility index (Phi) is 4.04. The molecule has 0 nitrogen and oxygen atoms in total. The largest absolute Gasteiger partial charge is 0.0683 e. The Hall–Kier alpha value is 0. The molecule has 84 valence electrons. The maximum atomic E-state index is 2.45. The van der Waals surface area contributed by atoms with E-state index in [2.05, 4.69) is 13.8 Å². The van der Waals surface area contributed by atoms with Gasteiger partial charge in [0.05, 0.1) is 0 Å². The van der Waals surface area contributed by atoms with Gasteiger partial charge in [0.2, 0.25) is 0 Å². The molecule has 0 heteroatoms. The summed E-state index contributed by atoms with van der Waals surface area (Å²) in [6.07, 6.45) is 12.1. The van der Waals surface area contributed by atoms with Gasteiger partial charge in [-0.15, -0.1) is 0 Å². The Balaban J connectivity index is 0.000000461. The fraction of sp³-hybridized carbons (Fsp3) is 1.00. The van der Waals surface area contributed by atoms with Crippen molar-refractivity contribution in [2.45, 2.75) is 79.1 Å². The lowest BCUT2D eigenvalue weighted by molar-refractivity contribution is 0.175. The summed E-state index contributed by atoms with van der Waals surface area (Å²) in [7, 11) is 0. The predicted molar refractivity (Wildman–Crippen MR) is 64.5 cm³/mol. The van der Waals surface area contributed by atoms with E-state index in [0.29, 0.717) is 5.41 Å². The van der Waals surface area contributed by atoms with Crippen molar-refractivity contribution in [2.24, 2.45) is 10.8 Å². The fourth-order valence-electron chi connectivity index (χ4n) is 3.52. The van der Waals surface area contributed by atoms with E-state index in [1.807, 2.05) is 13.8 Å². The molecule has 0 bridgehead atoms. The van der Waals surface area contributed by atoms with Crippen LogP contribution in [-0.4, -0.2) is 0 Å². The maximum absolute atomic E-state index is 2.45. The average Bonchev–Trinajstić information content (AvgIpc) is 2.47. The molecule has 2 saturated carbocycles. The molecule has 0 aromatic carbocycles. The van der Waals surface area contributed by atoms with Crippen LogP contribution in [0.5, 0.6) is 0 Å². The SMILES string of the molecule is CC.CC1(C)CCC2(CCCCC2)C1. The summed E-state index contributed by atoms with van der Waals surface area (Å²) >= 11 is 0. The smallest absolute Gasteiger partial charge is 0.0292 e. The van der Waals surface area contributed by atoms with Crippen LogP contribution in [0.15, 0.2) is 0 Å². The van der Waals surface area contributed by atoms with Crippen LogP contribution < -0.4 is 0 Å². The monoisotopic (exact) mass is 196 g/mol. The van der Waals surface area contributed by atoms with E-state index in [0.717, 1.165) is 5.41 Å². The van der Waals surface area contributed by atoms with Gasteiger partial charge in [0.25, 0.3) is 0 Å². The zero-order chi connectivity index (χ0) is 10.7. The molecule has 1 spiro atoms. The molecule has 0 N–H and O–H groups in total. The summed E-state index contributed by atoms with van der Waals surface area (Å²) < 4.78 is 0. The Morgan fingerprint density at radius 1 is 0.714 bits per heavy atom. The molecule has 0 saturated heterocycles. The van der Waals surface area contributed by atoms with Crippen molar-refractivity contribution in [1.29, 1.82) is 0 Å². The molecular weight excluding hydrogens is 168 g/mol. The molecule has 0 radical (unpaired) electrons. The first-order valence-electron chi connectivity index (χ1n) is 6.62. The molecule has 2 fully saturated rings. The quantitative estimate of drug-likeness (QED) is 0.501. The Morgan fingerprint density at radius 3 is 1.71 bits per heavy atom. The molecule has 0 unspecified atom stereocenters. The molecule has 0 aromatic heterocycles. The second kappa shape index (κ2) is 4.68. The van der Waals surface area contributed by atoms with Gasteiger partial charge in [-0.05, 0) is 42.9 Å². The molecule has 0 heterocycles. The number of rotatable bonds is 0. The summed E-state index contributed by atoms with van der Waals surface area (Å²) in [5, 5.41) is 0. The summed E-state index contributed by atoms with van der Waals surface area (Å²) in [6, 6.07) is 0. The van der Waals surface area contributed by atoms with Crippen LogP contribution in [-0.2, 0) is 0 Å². The van der Waals surface area contributed by atoms with Gasteiger partial charge in [-0.3, -0.25) is 0 Å². The summed E-state index contributed by atoms with van der Waals surface area (Å²) in [5.74, 6) is 0. The van der Waals surface area contributed by atoms with E-state index >= 15 is 0 Å². The highest BCUT2D eigenvalue weighted by atomic mass is 14.5. The average molecular weight is 196 g/mol. The zero-order valence-corrected chi connectivity index (χ0v) is 10.7.